The number of benzene rings is 2. The number of carbonyl (C=O) groups excluding carboxylic acids is 1. The highest BCUT2D eigenvalue weighted by Crippen LogP contribution is 2.20. The van der Waals surface area contributed by atoms with Crippen LogP contribution in [0.15, 0.2) is 59.5 Å². The van der Waals surface area contributed by atoms with Crippen molar-refractivity contribution in [2.75, 3.05) is 30.8 Å². The van der Waals surface area contributed by atoms with Crippen molar-refractivity contribution in [3.05, 3.63) is 60.2 Å². The van der Waals surface area contributed by atoms with Crippen molar-refractivity contribution in [3.8, 4) is 0 Å². The van der Waals surface area contributed by atoms with Gasteiger partial charge in [-0.3, -0.25) is 4.79 Å². The molecule has 11 heteroatoms. The van der Waals surface area contributed by atoms with E-state index in [4.69, 9.17) is 5.73 Å². The number of hydrogen-bond donors (Lipinski definition) is 3. The first-order chi connectivity index (χ1) is 17.2. The second kappa shape index (κ2) is 13.4. The summed E-state index contributed by atoms with van der Waals surface area (Å²) in [7, 11) is -7.35. The summed E-state index contributed by atoms with van der Waals surface area (Å²) in [6, 6.07) is 14.2. The van der Waals surface area contributed by atoms with E-state index in [1.165, 1.54) is 35.5 Å². The third kappa shape index (κ3) is 10.1. The Morgan fingerprint density at radius 2 is 1.59 bits per heavy atom. The predicted molar refractivity (Wildman–Crippen MR) is 146 cm³/mol. The summed E-state index contributed by atoms with van der Waals surface area (Å²) in [5.74, 6) is -1.48. The molecule has 2 rings (SSSR count). The van der Waals surface area contributed by atoms with Crippen LogP contribution >= 0.6 is 0 Å². The minimum absolute atomic E-state index is 0.0584. The molecular formula is C26H39N3O6S2. The van der Waals surface area contributed by atoms with Crippen molar-refractivity contribution in [2.24, 2.45) is 11.8 Å². The molecule has 0 fully saturated rings. The number of anilines is 1. The summed E-state index contributed by atoms with van der Waals surface area (Å²) in [6.45, 7) is 5.39. The average Bonchev–Trinajstić information content (AvgIpc) is 2.80. The lowest BCUT2D eigenvalue weighted by atomic mass is 10.00. The topological polar surface area (TPSA) is 147 Å². The number of rotatable bonds is 14. The average molecular weight is 554 g/mol. The molecule has 0 heterocycles. The number of nitrogens with two attached hydrogens (primary N) is 1. The van der Waals surface area contributed by atoms with Crippen LogP contribution in [0.4, 0.5) is 5.69 Å². The summed E-state index contributed by atoms with van der Waals surface area (Å²) >= 11 is 0. The Balaban J connectivity index is 2.33. The molecule has 1 amide bonds. The second-order valence-corrected chi connectivity index (χ2v) is 14.1. The molecule has 0 radical (unpaired) electrons. The van der Waals surface area contributed by atoms with Crippen LogP contribution in [0.2, 0.25) is 0 Å². The lowest BCUT2D eigenvalue weighted by Gasteiger charge is -2.31. The second-order valence-electron chi connectivity index (χ2n) is 9.98. The smallest absolute Gasteiger partial charge is 0.243 e. The molecule has 37 heavy (non-hydrogen) atoms. The third-order valence-corrected chi connectivity index (χ3v) is 8.94. The van der Waals surface area contributed by atoms with Crippen molar-refractivity contribution in [1.82, 2.24) is 9.62 Å². The van der Waals surface area contributed by atoms with Crippen LogP contribution in [0, 0.1) is 11.8 Å². The van der Waals surface area contributed by atoms with E-state index in [0.29, 0.717) is 12.1 Å². The Labute approximate surface area is 221 Å². The molecule has 9 nitrogen and oxygen atoms in total. The van der Waals surface area contributed by atoms with Gasteiger partial charge in [-0.25, -0.2) is 16.8 Å². The fraction of sp³-hybridized carbons (Fsp3) is 0.500. The number of nitrogens with zero attached hydrogens (tertiary/aromatic N) is 1. The van der Waals surface area contributed by atoms with Crippen molar-refractivity contribution >= 4 is 31.5 Å². The summed E-state index contributed by atoms with van der Waals surface area (Å²) in [5.41, 5.74) is 6.98. The number of carbonyl (C=O) groups is 1. The Hall–Kier alpha value is -2.47. The van der Waals surface area contributed by atoms with Crippen molar-refractivity contribution in [1.29, 1.82) is 0 Å². The lowest BCUT2D eigenvalue weighted by Crippen LogP contribution is -2.52. The van der Waals surface area contributed by atoms with Gasteiger partial charge in [-0.05, 0) is 48.6 Å². The molecular weight excluding hydrogens is 514 g/mol. The summed E-state index contributed by atoms with van der Waals surface area (Å²) in [6.07, 6.45) is 0.605. The quantitative estimate of drug-likeness (QED) is 0.304. The zero-order valence-electron chi connectivity index (χ0n) is 21.9. The molecule has 0 aliphatic heterocycles. The first-order valence-electron chi connectivity index (χ1n) is 12.2. The van der Waals surface area contributed by atoms with Crippen LogP contribution in [0.5, 0.6) is 0 Å². The van der Waals surface area contributed by atoms with Gasteiger partial charge in [-0.1, -0.05) is 51.1 Å². The number of nitrogen functional groups attached to an aromatic ring is 1. The van der Waals surface area contributed by atoms with Crippen molar-refractivity contribution in [3.63, 3.8) is 0 Å². The maximum atomic E-state index is 13.5. The fourth-order valence-corrected chi connectivity index (χ4v) is 6.38. The van der Waals surface area contributed by atoms with Crippen LogP contribution in [0.25, 0.3) is 0 Å². The Kier molecular flexibility index (Phi) is 11.1. The molecule has 0 aromatic heterocycles. The number of hydrogen-bond acceptors (Lipinski definition) is 7. The van der Waals surface area contributed by atoms with Gasteiger partial charge >= 0.3 is 0 Å². The predicted octanol–water partition coefficient (Wildman–Crippen LogP) is 2.07. The normalized spacial score (nSPS) is 14.9. The number of sulfone groups is 1. The van der Waals surface area contributed by atoms with Gasteiger partial charge in [0.2, 0.25) is 15.9 Å². The highest BCUT2D eigenvalue weighted by Gasteiger charge is 2.32. The van der Waals surface area contributed by atoms with E-state index < -0.39 is 43.8 Å². The Morgan fingerprint density at radius 1 is 1.00 bits per heavy atom. The van der Waals surface area contributed by atoms with E-state index in [9.17, 15) is 26.7 Å². The minimum Gasteiger partial charge on any atom is -0.399 e. The van der Waals surface area contributed by atoms with Gasteiger partial charge in [0.1, 0.15) is 9.84 Å². The molecule has 4 N–H and O–H groups in total. The van der Waals surface area contributed by atoms with Crippen LogP contribution < -0.4 is 11.1 Å². The molecule has 0 saturated carbocycles. The van der Waals surface area contributed by atoms with Gasteiger partial charge in [0, 0.05) is 31.0 Å². The zero-order valence-corrected chi connectivity index (χ0v) is 23.5. The zero-order chi connectivity index (χ0) is 27.8. The minimum atomic E-state index is -3.96. The molecule has 0 saturated heterocycles. The van der Waals surface area contributed by atoms with E-state index in [1.54, 1.807) is 0 Å². The Bertz CT molecular complexity index is 1220. The van der Waals surface area contributed by atoms with E-state index in [2.05, 4.69) is 5.32 Å². The van der Waals surface area contributed by atoms with Crippen LogP contribution in [0.1, 0.15) is 32.8 Å². The number of sulfonamides is 1. The SMILES string of the molecule is CC(C)CCN(CC(O)[C@H](Cc1ccccc1)NC(=O)C(C)CS(C)(=O)=O)S(=O)(=O)c1ccc(N)cc1. The van der Waals surface area contributed by atoms with Crippen molar-refractivity contribution < 1.29 is 26.7 Å². The fourth-order valence-electron chi connectivity index (χ4n) is 3.84. The molecule has 0 bridgehead atoms. The number of aliphatic hydroxyl groups excluding tert-OH is 1. The maximum absolute atomic E-state index is 13.5. The first kappa shape index (κ1) is 30.8. The third-order valence-electron chi connectivity index (χ3n) is 5.96. The van der Waals surface area contributed by atoms with Crippen molar-refractivity contribution in [2.45, 2.75) is 50.7 Å². The molecule has 0 spiro atoms. The van der Waals surface area contributed by atoms with Gasteiger partial charge in [-0.2, -0.15) is 4.31 Å². The largest absolute Gasteiger partial charge is 0.399 e. The van der Waals surface area contributed by atoms with Gasteiger partial charge in [0.25, 0.3) is 0 Å². The first-order valence-corrected chi connectivity index (χ1v) is 15.7. The van der Waals surface area contributed by atoms with Crippen LogP contribution in [-0.4, -0.2) is 69.4 Å². The standard InChI is InChI=1S/C26H39N3O6S2/c1-19(2)14-15-29(37(34,35)23-12-10-22(27)11-13-23)17-25(30)24(16-21-8-6-5-7-9-21)28-26(31)20(3)18-36(4,32)33/h5-13,19-20,24-25,30H,14-18,27H2,1-4H3,(H,28,31)/t20?,24-,25?/m0/s1. The van der Waals surface area contributed by atoms with Gasteiger partial charge in [-0.15, -0.1) is 0 Å². The van der Waals surface area contributed by atoms with Gasteiger partial charge in [0.05, 0.1) is 22.8 Å². The maximum Gasteiger partial charge on any atom is 0.243 e. The molecule has 0 aliphatic rings. The number of nitrogens with one attached hydrogen (secondary N) is 1. The lowest BCUT2D eigenvalue weighted by molar-refractivity contribution is -0.125. The van der Waals surface area contributed by atoms with Crippen LogP contribution in [0.3, 0.4) is 0 Å². The molecule has 2 aromatic rings. The summed E-state index contributed by atoms with van der Waals surface area (Å²) in [5, 5.41) is 14.0. The molecule has 2 unspecified atom stereocenters. The molecule has 0 aliphatic carbocycles. The number of amides is 1. The summed E-state index contributed by atoms with van der Waals surface area (Å²) in [4.78, 5) is 12.9. The number of aliphatic hydroxyl groups is 1. The van der Waals surface area contributed by atoms with E-state index in [-0.39, 0.29) is 36.1 Å². The molecule has 206 valence electrons. The van der Waals surface area contributed by atoms with Gasteiger partial charge < -0.3 is 16.2 Å². The summed E-state index contributed by atoms with van der Waals surface area (Å²) < 4.78 is 51.6. The Morgan fingerprint density at radius 3 is 2.14 bits per heavy atom. The monoisotopic (exact) mass is 553 g/mol. The van der Waals surface area contributed by atoms with Crippen LogP contribution in [-0.2, 0) is 31.1 Å². The van der Waals surface area contributed by atoms with E-state index in [0.717, 1.165) is 11.8 Å². The molecule has 3 atom stereocenters. The van der Waals surface area contributed by atoms with E-state index in [1.807, 2.05) is 44.2 Å². The highest BCUT2D eigenvalue weighted by atomic mass is 32.2. The van der Waals surface area contributed by atoms with E-state index >= 15 is 0 Å². The van der Waals surface area contributed by atoms with Gasteiger partial charge in [0.15, 0.2) is 0 Å². The highest BCUT2D eigenvalue weighted by molar-refractivity contribution is 7.90. The molecule has 2 aromatic carbocycles.